The zero-order valence-corrected chi connectivity index (χ0v) is 9.57. The normalized spacial score (nSPS) is 12.9. The zero-order valence-electron chi connectivity index (χ0n) is 8.06. The Bertz CT molecular complexity index is 302. The highest BCUT2D eigenvalue weighted by Crippen LogP contribution is 2.24. The number of rotatable bonds is 4. The quantitative estimate of drug-likeness (QED) is 0.838. The lowest BCUT2D eigenvalue weighted by Gasteiger charge is -2.12. The molecule has 0 heterocycles. The maximum Gasteiger partial charge on any atom is 0.0595 e. The maximum atomic E-state index is 5.94. The number of nitrogens with two attached hydrogens (primary N) is 1. The Hall–Kier alpha value is -0.280. The average Bonchev–Trinajstić information content (AvgIpc) is 2.18. The number of nitrogens with one attached hydrogen (secondary N) is 1. The molecular weight excluding hydrogens is 219 g/mol. The second kappa shape index (κ2) is 5.56. The minimum atomic E-state index is -0.0373. The van der Waals surface area contributed by atoms with Gasteiger partial charge < -0.3 is 11.1 Å². The van der Waals surface area contributed by atoms with E-state index in [-0.39, 0.29) is 6.04 Å². The molecule has 3 N–H and O–H groups in total. The Morgan fingerprint density at radius 1 is 1.36 bits per heavy atom. The molecule has 0 aliphatic heterocycles. The Morgan fingerprint density at radius 2 is 2.07 bits per heavy atom. The molecule has 0 aromatic heterocycles. The number of benzene rings is 1. The highest BCUT2D eigenvalue weighted by Gasteiger charge is 2.06. The summed E-state index contributed by atoms with van der Waals surface area (Å²) in [7, 11) is 0. The van der Waals surface area contributed by atoms with Crippen LogP contribution in [0.2, 0.25) is 10.0 Å². The first kappa shape index (κ1) is 11.8. The SMILES string of the molecule is CCNCC(N)c1ccc(Cl)c(Cl)c1. The van der Waals surface area contributed by atoms with Crippen LogP contribution >= 0.6 is 23.2 Å². The average molecular weight is 233 g/mol. The van der Waals surface area contributed by atoms with Crippen LogP contribution in [-0.4, -0.2) is 13.1 Å². The summed E-state index contributed by atoms with van der Waals surface area (Å²) >= 11 is 11.7. The molecule has 1 rings (SSSR count). The Labute approximate surface area is 94.4 Å². The van der Waals surface area contributed by atoms with Gasteiger partial charge >= 0.3 is 0 Å². The summed E-state index contributed by atoms with van der Waals surface area (Å²) in [5, 5.41) is 4.29. The van der Waals surface area contributed by atoms with Crippen molar-refractivity contribution < 1.29 is 0 Å². The second-order valence-electron chi connectivity index (χ2n) is 3.09. The third-order valence-corrected chi connectivity index (χ3v) is 2.73. The zero-order chi connectivity index (χ0) is 10.6. The van der Waals surface area contributed by atoms with E-state index in [2.05, 4.69) is 5.32 Å². The van der Waals surface area contributed by atoms with E-state index in [0.29, 0.717) is 10.0 Å². The molecule has 0 bridgehead atoms. The molecule has 14 heavy (non-hydrogen) atoms. The summed E-state index contributed by atoms with van der Waals surface area (Å²) in [6.45, 7) is 3.70. The molecule has 0 fully saturated rings. The van der Waals surface area contributed by atoms with E-state index in [9.17, 15) is 0 Å². The van der Waals surface area contributed by atoms with Crippen molar-refractivity contribution in [3.63, 3.8) is 0 Å². The Morgan fingerprint density at radius 3 is 2.64 bits per heavy atom. The van der Waals surface area contributed by atoms with Crippen molar-refractivity contribution in [2.45, 2.75) is 13.0 Å². The number of likely N-dealkylation sites (N-methyl/N-ethyl adjacent to an activating group) is 1. The fourth-order valence-electron chi connectivity index (χ4n) is 1.16. The Kier molecular flexibility index (Phi) is 4.69. The fourth-order valence-corrected chi connectivity index (χ4v) is 1.47. The van der Waals surface area contributed by atoms with E-state index < -0.39 is 0 Å². The summed E-state index contributed by atoms with van der Waals surface area (Å²) in [5.41, 5.74) is 6.94. The maximum absolute atomic E-state index is 5.94. The number of halogens is 2. The van der Waals surface area contributed by atoms with Gasteiger partial charge in [-0.1, -0.05) is 36.2 Å². The minimum absolute atomic E-state index is 0.0373. The van der Waals surface area contributed by atoms with Gasteiger partial charge in [0.1, 0.15) is 0 Å². The molecule has 1 unspecified atom stereocenters. The molecule has 78 valence electrons. The first-order valence-corrected chi connectivity index (χ1v) is 5.32. The molecule has 0 saturated carbocycles. The highest BCUT2D eigenvalue weighted by atomic mass is 35.5. The van der Waals surface area contributed by atoms with Crippen molar-refractivity contribution in [1.29, 1.82) is 0 Å². The molecule has 1 aromatic carbocycles. The lowest BCUT2D eigenvalue weighted by molar-refractivity contribution is 0.616. The summed E-state index contributed by atoms with van der Waals surface area (Å²) in [6, 6.07) is 5.44. The predicted octanol–water partition coefficient (Wildman–Crippen LogP) is 2.60. The van der Waals surface area contributed by atoms with Crippen LogP contribution in [0.5, 0.6) is 0 Å². The lowest BCUT2D eigenvalue weighted by atomic mass is 10.1. The van der Waals surface area contributed by atoms with Crippen molar-refractivity contribution in [2.75, 3.05) is 13.1 Å². The third-order valence-electron chi connectivity index (χ3n) is 1.99. The molecule has 0 radical (unpaired) electrons. The minimum Gasteiger partial charge on any atom is -0.323 e. The van der Waals surface area contributed by atoms with Crippen molar-refractivity contribution in [3.05, 3.63) is 33.8 Å². The van der Waals surface area contributed by atoms with Crippen molar-refractivity contribution >= 4 is 23.2 Å². The van der Waals surface area contributed by atoms with E-state index >= 15 is 0 Å². The molecule has 0 aliphatic carbocycles. The monoisotopic (exact) mass is 232 g/mol. The molecule has 1 atom stereocenters. The van der Waals surface area contributed by atoms with Crippen LogP contribution in [0.3, 0.4) is 0 Å². The molecule has 0 spiro atoms. The standard InChI is InChI=1S/C10H14Cl2N2/c1-2-14-6-10(13)7-3-4-8(11)9(12)5-7/h3-5,10,14H,2,6,13H2,1H3. The van der Waals surface area contributed by atoms with E-state index in [0.717, 1.165) is 18.7 Å². The summed E-state index contributed by atoms with van der Waals surface area (Å²) < 4.78 is 0. The van der Waals surface area contributed by atoms with E-state index in [1.165, 1.54) is 0 Å². The van der Waals surface area contributed by atoms with Gasteiger partial charge in [-0.25, -0.2) is 0 Å². The summed E-state index contributed by atoms with van der Waals surface area (Å²) in [4.78, 5) is 0. The molecule has 0 amide bonds. The highest BCUT2D eigenvalue weighted by molar-refractivity contribution is 6.42. The van der Waals surface area contributed by atoms with Crippen molar-refractivity contribution in [1.82, 2.24) is 5.32 Å². The predicted molar refractivity (Wildman–Crippen MR) is 61.9 cm³/mol. The van der Waals surface area contributed by atoms with Crippen LogP contribution in [-0.2, 0) is 0 Å². The van der Waals surface area contributed by atoms with Gasteiger partial charge in [0.05, 0.1) is 10.0 Å². The van der Waals surface area contributed by atoms with Crippen molar-refractivity contribution in [2.24, 2.45) is 5.73 Å². The first-order chi connectivity index (χ1) is 6.65. The van der Waals surface area contributed by atoms with Crippen LogP contribution in [0.15, 0.2) is 18.2 Å². The fraction of sp³-hybridized carbons (Fsp3) is 0.400. The van der Waals surface area contributed by atoms with Gasteiger partial charge in [-0.05, 0) is 24.2 Å². The molecule has 4 heteroatoms. The van der Waals surface area contributed by atoms with Crippen LogP contribution in [0.1, 0.15) is 18.5 Å². The van der Waals surface area contributed by atoms with Gasteiger partial charge in [0.25, 0.3) is 0 Å². The largest absolute Gasteiger partial charge is 0.323 e. The van der Waals surface area contributed by atoms with Gasteiger partial charge in [-0.15, -0.1) is 0 Å². The van der Waals surface area contributed by atoms with E-state index in [1.807, 2.05) is 19.1 Å². The van der Waals surface area contributed by atoms with Crippen LogP contribution in [0.4, 0.5) is 0 Å². The van der Waals surface area contributed by atoms with Crippen LogP contribution in [0.25, 0.3) is 0 Å². The van der Waals surface area contributed by atoms with Gasteiger partial charge in [-0.3, -0.25) is 0 Å². The van der Waals surface area contributed by atoms with Gasteiger partial charge in [0, 0.05) is 12.6 Å². The molecular formula is C10H14Cl2N2. The number of hydrogen-bond acceptors (Lipinski definition) is 2. The van der Waals surface area contributed by atoms with Crippen LogP contribution < -0.4 is 11.1 Å². The van der Waals surface area contributed by atoms with Crippen LogP contribution in [0, 0.1) is 0 Å². The smallest absolute Gasteiger partial charge is 0.0595 e. The Balaban J connectivity index is 2.70. The molecule has 0 saturated heterocycles. The third kappa shape index (κ3) is 3.14. The van der Waals surface area contributed by atoms with E-state index in [4.69, 9.17) is 28.9 Å². The van der Waals surface area contributed by atoms with Crippen molar-refractivity contribution in [3.8, 4) is 0 Å². The topological polar surface area (TPSA) is 38.0 Å². The molecule has 0 aliphatic rings. The van der Waals surface area contributed by atoms with E-state index in [1.54, 1.807) is 6.07 Å². The van der Waals surface area contributed by atoms with Gasteiger partial charge in [0.2, 0.25) is 0 Å². The summed E-state index contributed by atoms with van der Waals surface area (Å²) in [6.07, 6.45) is 0. The van der Waals surface area contributed by atoms with Gasteiger partial charge in [-0.2, -0.15) is 0 Å². The summed E-state index contributed by atoms with van der Waals surface area (Å²) in [5.74, 6) is 0. The molecule has 2 nitrogen and oxygen atoms in total. The lowest BCUT2D eigenvalue weighted by Crippen LogP contribution is -2.26. The number of hydrogen-bond donors (Lipinski definition) is 2. The molecule has 1 aromatic rings. The van der Waals surface area contributed by atoms with Gasteiger partial charge in [0.15, 0.2) is 0 Å². The second-order valence-corrected chi connectivity index (χ2v) is 3.90. The first-order valence-electron chi connectivity index (χ1n) is 4.56.